The molecule has 24 heavy (non-hydrogen) atoms. The Morgan fingerprint density at radius 3 is 2.71 bits per heavy atom. The van der Waals surface area contributed by atoms with Crippen LogP contribution in [-0.2, 0) is 4.79 Å². The fourth-order valence-corrected chi connectivity index (χ4v) is 2.60. The van der Waals surface area contributed by atoms with E-state index in [4.69, 9.17) is 16.3 Å². The van der Waals surface area contributed by atoms with Crippen LogP contribution in [0.5, 0.6) is 5.75 Å². The number of carbonyl (C=O) groups is 1. The van der Waals surface area contributed by atoms with Crippen LogP contribution in [-0.4, -0.2) is 18.7 Å². The van der Waals surface area contributed by atoms with E-state index in [0.717, 1.165) is 11.1 Å². The van der Waals surface area contributed by atoms with Crippen LogP contribution in [0.25, 0.3) is 0 Å². The second-order valence-electron chi connectivity index (χ2n) is 5.08. The van der Waals surface area contributed by atoms with Gasteiger partial charge in [-0.3, -0.25) is 4.79 Å². The monoisotopic (exact) mass is 412 g/mol. The standard InChI is InChI=1S/C17H15BrClFN2O2/c1-10-7-14(16(18)11(2)17(10)19)24-9-15(23)22-21-8-12-3-5-13(20)6-4-12/h3-8H,9H2,1-2H3,(H,22,23)/b21-8+. The Hall–Kier alpha value is -1.92. The molecule has 0 bridgehead atoms. The van der Waals surface area contributed by atoms with Gasteiger partial charge >= 0.3 is 0 Å². The highest BCUT2D eigenvalue weighted by molar-refractivity contribution is 9.10. The van der Waals surface area contributed by atoms with E-state index in [1.807, 2.05) is 13.8 Å². The number of benzene rings is 2. The Balaban J connectivity index is 1.91. The molecule has 0 fully saturated rings. The third-order valence-electron chi connectivity index (χ3n) is 3.20. The van der Waals surface area contributed by atoms with Crippen molar-refractivity contribution in [1.82, 2.24) is 5.43 Å². The van der Waals surface area contributed by atoms with Gasteiger partial charge in [0.15, 0.2) is 6.61 Å². The van der Waals surface area contributed by atoms with Crippen molar-refractivity contribution < 1.29 is 13.9 Å². The lowest BCUT2D eigenvalue weighted by Gasteiger charge is -2.12. The molecule has 2 aromatic rings. The molecule has 126 valence electrons. The lowest BCUT2D eigenvalue weighted by Crippen LogP contribution is -2.24. The minimum Gasteiger partial charge on any atom is -0.483 e. The van der Waals surface area contributed by atoms with Crippen molar-refractivity contribution in [2.45, 2.75) is 13.8 Å². The highest BCUT2D eigenvalue weighted by atomic mass is 79.9. The SMILES string of the molecule is Cc1cc(OCC(=O)N/N=C/c2ccc(F)cc2)c(Br)c(C)c1Cl. The number of hydrogen-bond donors (Lipinski definition) is 1. The predicted molar refractivity (Wildman–Crippen MR) is 96.3 cm³/mol. The van der Waals surface area contributed by atoms with Crippen molar-refractivity contribution in [2.75, 3.05) is 6.61 Å². The predicted octanol–water partition coefficient (Wildman–Crippen LogP) is 4.39. The molecule has 0 aromatic heterocycles. The first-order valence-electron chi connectivity index (χ1n) is 7.04. The van der Waals surface area contributed by atoms with Crippen molar-refractivity contribution in [2.24, 2.45) is 5.10 Å². The fourth-order valence-electron chi connectivity index (χ4n) is 1.91. The summed E-state index contributed by atoms with van der Waals surface area (Å²) >= 11 is 9.55. The van der Waals surface area contributed by atoms with Crippen LogP contribution < -0.4 is 10.2 Å². The molecule has 2 rings (SSSR count). The zero-order chi connectivity index (χ0) is 17.7. The Labute approximate surface area is 152 Å². The third kappa shape index (κ3) is 4.79. The maximum Gasteiger partial charge on any atom is 0.277 e. The van der Waals surface area contributed by atoms with Crippen LogP contribution in [0.2, 0.25) is 5.02 Å². The Morgan fingerprint density at radius 2 is 2.04 bits per heavy atom. The van der Waals surface area contributed by atoms with Gasteiger partial charge in [-0.1, -0.05) is 23.7 Å². The lowest BCUT2D eigenvalue weighted by atomic mass is 10.1. The number of ether oxygens (including phenoxy) is 1. The molecule has 0 aliphatic carbocycles. The van der Waals surface area contributed by atoms with Gasteiger partial charge in [0.25, 0.3) is 5.91 Å². The number of nitrogens with zero attached hydrogens (tertiary/aromatic N) is 1. The number of rotatable bonds is 5. The molecule has 7 heteroatoms. The van der Waals surface area contributed by atoms with Gasteiger partial charge in [-0.05, 0) is 64.7 Å². The molecular weight excluding hydrogens is 399 g/mol. The van der Waals surface area contributed by atoms with Crippen LogP contribution in [0.4, 0.5) is 4.39 Å². The maximum absolute atomic E-state index is 12.8. The van der Waals surface area contributed by atoms with E-state index < -0.39 is 5.91 Å². The number of nitrogens with one attached hydrogen (secondary N) is 1. The average molecular weight is 414 g/mol. The summed E-state index contributed by atoms with van der Waals surface area (Å²) in [4.78, 5) is 11.8. The zero-order valence-electron chi connectivity index (χ0n) is 13.1. The number of aryl methyl sites for hydroxylation is 1. The normalized spacial score (nSPS) is 10.9. The van der Waals surface area contributed by atoms with Crippen LogP contribution >= 0.6 is 27.5 Å². The summed E-state index contributed by atoms with van der Waals surface area (Å²) in [6, 6.07) is 7.49. The smallest absolute Gasteiger partial charge is 0.277 e. The van der Waals surface area contributed by atoms with Gasteiger partial charge in [0.05, 0.1) is 10.7 Å². The van der Waals surface area contributed by atoms with Gasteiger partial charge in [-0.25, -0.2) is 9.82 Å². The largest absolute Gasteiger partial charge is 0.483 e. The summed E-state index contributed by atoms with van der Waals surface area (Å²) in [6.07, 6.45) is 1.42. The van der Waals surface area contributed by atoms with E-state index in [9.17, 15) is 9.18 Å². The average Bonchev–Trinajstić information content (AvgIpc) is 2.57. The summed E-state index contributed by atoms with van der Waals surface area (Å²) in [6.45, 7) is 3.53. The second kappa shape index (κ2) is 8.26. The first-order chi connectivity index (χ1) is 11.4. The summed E-state index contributed by atoms with van der Waals surface area (Å²) in [5.41, 5.74) is 4.73. The van der Waals surface area contributed by atoms with E-state index >= 15 is 0 Å². The van der Waals surface area contributed by atoms with Gasteiger partial charge in [0.1, 0.15) is 11.6 Å². The van der Waals surface area contributed by atoms with Crippen molar-refractivity contribution >= 4 is 39.7 Å². The zero-order valence-corrected chi connectivity index (χ0v) is 15.4. The number of hydrazone groups is 1. The van der Waals surface area contributed by atoms with Crippen LogP contribution in [0.3, 0.4) is 0 Å². The van der Waals surface area contributed by atoms with Crippen LogP contribution in [0.15, 0.2) is 39.9 Å². The van der Waals surface area contributed by atoms with Crippen molar-refractivity contribution in [3.8, 4) is 5.75 Å². The molecule has 4 nitrogen and oxygen atoms in total. The summed E-state index contributed by atoms with van der Waals surface area (Å²) in [5.74, 6) is -0.207. The van der Waals surface area contributed by atoms with Gasteiger partial charge in [-0.15, -0.1) is 0 Å². The van der Waals surface area contributed by atoms with E-state index in [1.165, 1.54) is 18.3 Å². The quantitative estimate of drug-likeness (QED) is 0.584. The topological polar surface area (TPSA) is 50.7 Å². The molecule has 0 spiro atoms. The molecule has 1 amide bonds. The van der Waals surface area contributed by atoms with Gasteiger partial charge < -0.3 is 4.74 Å². The molecule has 0 saturated heterocycles. The van der Waals surface area contributed by atoms with Gasteiger partial charge in [0.2, 0.25) is 0 Å². The molecule has 0 saturated carbocycles. The Morgan fingerprint density at radius 1 is 1.38 bits per heavy atom. The highest BCUT2D eigenvalue weighted by Gasteiger charge is 2.12. The molecule has 0 heterocycles. The molecule has 0 radical (unpaired) electrons. The minimum atomic E-state index is -0.412. The summed E-state index contributed by atoms with van der Waals surface area (Å²) in [7, 11) is 0. The molecule has 2 aromatic carbocycles. The van der Waals surface area contributed by atoms with E-state index in [-0.39, 0.29) is 12.4 Å². The van der Waals surface area contributed by atoms with E-state index in [2.05, 4.69) is 26.5 Å². The van der Waals surface area contributed by atoms with Gasteiger partial charge in [-0.2, -0.15) is 5.10 Å². The summed E-state index contributed by atoms with van der Waals surface area (Å²) in [5, 5.41) is 4.45. The van der Waals surface area contributed by atoms with Crippen molar-refractivity contribution in [3.05, 3.63) is 62.3 Å². The summed E-state index contributed by atoms with van der Waals surface area (Å²) < 4.78 is 19.0. The molecule has 0 unspecified atom stereocenters. The molecule has 0 aliphatic rings. The Bertz CT molecular complexity index is 779. The molecule has 0 aliphatic heterocycles. The fraction of sp³-hybridized carbons (Fsp3) is 0.176. The number of halogens is 3. The van der Waals surface area contributed by atoms with E-state index in [0.29, 0.717) is 20.8 Å². The van der Waals surface area contributed by atoms with Crippen LogP contribution in [0.1, 0.15) is 16.7 Å². The minimum absolute atomic E-state index is 0.195. The highest BCUT2D eigenvalue weighted by Crippen LogP contribution is 2.35. The molecule has 1 N–H and O–H groups in total. The van der Waals surface area contributed by atoms with Crippen molar-refractivity contribution in [3.63, 3.8) is 0 Å². The van der Waals surface area contributed by atoms with Gasteiger partial charge in [0, 0.05) is 5.02 Å². The number of amides is 1. The molecular formula is C17H15BrClFN2O2. The first-order valence-corrected chi connectivity index (χ1v) is 8.21. The first kappa shape index (κ1) is 18.4. The molecule has 0 atom stereocenters. The number of carbonyl (C=O) groups excluding carboxylic acids is 1. The van der Waals surface area contributed by atoms with Crippen molar-refractivity contribution in [1.29, 1.82) is 0 Å². The maximum atomic E-state index is 12.8. The van der Waals surface area contributed by atoms with E-state index in [1.54, 1.807) is 18.2 Å². The second-order valence-corrected chi connectivity index (χ2v) is 6.25. The lowest BCUT2D eigenvalue weighted by molar-refractivity contribution is -0.123. The van der Waals surface area contributed by atoms with Crippen LogP contribution in [0, 0.1) is 19.7 Å². The Kier molecular flexibility index (Phi) is 6.34. The third-order valence-corrected chi connectivity index (χ3v) is 4.77. The number of hydrogen-bond acceptors (Lipinski definition) is 3.